The Morgan fingerprint density at radius 3 is 2.90 bits per heavy atom. The smallest absolute Gasteiger partial charge is 0.306 e. The molecule has 8 heteroatoms. The second-order valence-electron chi connectivity index (χ2n) is 5.06. The van der Waals surface area contributed by atoms with Crippen molar-refractivity contribution in [2.24, 2.45) is 5.92 Å². The predicted molar refractivity (Wildman–Crippen MR) is 72.9 cm³/mol. The van der Waals surface area contributed by atoms with Crippen LogP contribution in [0.15, 0.2) is 31.1 Å². The lowest BCUT2D eigenvalue weighted by Crippen LogP contribution is -2.28. The van der Waals surface area contributed by atoms with Gasteiger partial charge in [-0.3, -0.25) is 9.36 Å². The summed E-state index contributed by atoms with van der Waals surface area (Å²) >= 11 is 0. The summed E-state index contributed by atoms with van der Waals surface area (Å²) in [6, 6.07) is 1.40. The second-order valence-corrected chi connectivity index (χ2v) is 5.06. The molecule has 3 atom stereocenters. The van der Waals surface area contributed by atoms with Crippen molar-refractivity contribution in [3.63, 3.8) is 0 Å². The average molecular weight is 289 g/mol. The number of nitrogens with one attached hydrogen (secondary N) is 1. The Kier molecular flexibility index (Phi) is 3.53. The molecule has 0 amide bonds. The van der Waals surface area contributed by atoms with Gasteiger partial charge in [0.2, 0.25) is 0 Å². The van der Waals surface area contributed by atoms with Gasteiger partial charge in [-0.15, -0.1) is 0 Å². The summed E-state index contributed by atoms with van der Waals surface area (Å²) in [6.45, 7) is 0. The fourth-order valence-corrected chi connectivity index (χ4v) is 2.52. The quantitative estimate of drug-likeness (QED) is 0.741. The van der Waals surface area contributed by atoms with Gasteiger partial charge in [-0.1, -0.05) is 0 Å². The van der Waals surface area contributed by atoms with Crippen LogP contribution in [-0.4, -0.2) is 47.8 Å². The highest BCUT2D eigenvalue weighted by Crippen LogP contribution is 2.28. The number of hydrogen-bond acceptors (Lipinski definition) is 6. The number of carboxylic acid groups (broad SMARTS) is 1. The molecule has 0 saturated heterocycles. The summed E-state index contributed by atoms with van der Waals surface area (Å²) in [7, 11) is 0. The Balaban J connectivity index is 1.74. The van der Waals surface area contributed by atoms with Crippen LogP contribution in [0, 0.1) is 5.92 Å². The van der Waals surface area contributed by atoms with E-state index >= 15 is 0 Å². The number of anilines is 1. The lowest BCUT2D eigenvalue weighted by Gasteiger charge is -2.17. The van der Waals surface area contributed by atoms with Gasteiger partial charge in [-0.2, -0.15) is 0 Å². The first-order chi connectivity index (χ1) is 10.1. The van der Waals surface area contributed by atoms with Gasteiger partial charge in [-0.25, -0.2) is 15.0 Å². The van der Waals surface area contributed by atoms with E-state index in [9.17, 15) is 9.90 Å². The predicted octanol–water partition coefficient (Wildman–Crippen LogP) is 0.298. The van der Waals surface area contributed by atoms with Crippen LogP contribution in [-0.2, 0) is 4.79 Å². The summed E-state index contributed by atoms with van der Waals surface area (Å²) in [5, 5.41) is 22.0. The molecule has 0 aliphatic heterocycles. The van der Waals surface area contributed by atoms with Crippen LogP contribution >= 0.6 is 0 Å². The fraction of sp³-hybridized carbons (Fsp3) is 0.385. The van der Waals surface area contributed by atoms with Crippen LogP contribution in [0.25, 0.3) is 5.82 Å². The molecule has 3 unspecified atom stereocenters. The van der Waals surface area contributed by atoms with Crippen LogP contribution in [0.4, 0.5) is 5.82 Å². The van der Waals surface area contributed by atoms with E-state index < -0.39 is 18.0 Å². The van der Waals surface area contributed by atoms with Crippen molar-refractivity contribution in [2.45, 2.75) is 25.0 Å². The van der Waals surface area contributed by atoms with Crippen LogP contribution in [0.1, 0.15) is 12.8 Å². The minimum atomic E-state index is -0.875. The first kappa shape index (κ1) is 13.5. The number of carboxylic acids is 1. The molecular weight excluding hydrogens is 274 g/mol. The average Bonchev–Trinajstić information content (AvgIpc) is 3.10. The molecule has 0 spiro atoms. The highest BCUT2D eigenvalue weighted by atomic mass is 16.4. The highest BCUT2D eigenvalue weighted by molar-refractivity contribution is 5.70. The molecule has 1 aliphatic carbocycles. The standard InChI is InChI=1S/C13H15N5O3/c19-10-4-8(13(20)21)3-9(10)17-11-5-12(16-6-15-11)18-2-1-14-7-18/h1-2,5-10,19H,3-4H2,(H,20,21)(H,15,16,17). The molecule has 2 heterocycles. The normalized spacial score (nSPS) is 24.9. The number of imidazole rings is 1. The summed E-state index contributed by atoms with van der Waals surface area (Å²) in [4.78, 5) is 23.2. The minimum Gasteiger partial charge on any atom is -0.481 e. The maximum absolute atomic E-state index is 11.0. The Labute approximate surface area is 120 Å². The molecule has 3 rings (SSSR count). The third-order valence-corrected chi connectivity index (χ3v) is 3.63. The summed E-state index contributed by atoms with van der Waals surface area (Å²) in [5.41, 5.74) is 0. The summed E-state index contributed by atoms with van der Waals surface area (Å²) in [5.74, 6) is -0.205. The zero-order chi connectivity index (χ0) is 14.8. The van der Waals surface area contributed by atoms with Crippen molar-refractivity contribution in [1.82, 2.24) is 19.5 Å². The van der Waals surface area contributed by atoms with E-state index in [2.05, 4.69) is 20.3 Å². The maximum atomic E-state index is 11.0. The summed E-state index contributed by atoms with van der Waals surface area (Å²) < 4.78 is 1.73. The molecule has 21 heavy (non-hydrogen) atoms. The Bertz CT molecular complexity index is 630. The number of aliphatic carboxylic acids is 1. The van der Waals surface area contributed by atoms with Crippen LogP contribution in [0.3, 0.4) is 0 Å². The van der Waals surface area contributed by atoms with Crippen LogP contribution in [0.2, 0.25) is 0 Å². The van der Waals surface area contributed by atoms with E-state index in [4.69, 9.17) is 5.11 Å². The molecule has 1 saturated carbocycles. The van der Waals surface area contributed by atoms with Gasteiger partial charge >= 0.3 is 5.97 Å². The van der Waals surface area contributed by atoms with E-state index in [1.54, 1.807) is 29.4 Å². The van der Waals surface area contributed by atoms with Crippen molar-refractivity contribution in [1.29, 1.82) is 0 Å². The second kappa shape index (κ2) is 5.49. The van der Waals surface area contributed by atoms with E-state index in [0.717, 1.165) is 0 Å². The Hall–Kier alpha value is -2.48. The summed E-state index contributed by atoms with van der Waals surface area (Å²) in [6.07, 6.45) is 6.38. The highest BCUT2D eigenvalue weighted by Gasteiger charge is 2.37. The first-order valence-corrected chi connectivity index (χ1v) is 6.61. The SMILES string of the molecule is O=C(O)C1CC(O)C(Nc2cc(-n3ccnc3)ncn2)C1. The fourth-order valence-electron chi connectivity index (χ4n) is 2.52. The van der Waals surface area contributed by atoms with Crippen molar-refractivity contribution in [2.75, 3.05) is 5.32 Å². The molecule has 1 fully saturated rings. The van der Waals surface area contributed by atoms with Gasteiger partial charge in [0.15, 0.2) is 0 Å². The largest absolute Gasteiger partial charge is 0.481 e. The molecule has 2 aromatic heterocycles. The Morgan fingerprint density at radius 2 is 2.24 bits per heavy atom. The zero-order valence-corrected chi connectivity index (χ0v) is 11.1. The maximum Gasteiger partial charge on any atom is 0.306 e. The van der Waals surface area contributed by atoms with Gasteiger partial charge < -0.3 is 15.5 Å². The number of aliphatic hydroxyl groups is 1. The molecule has 3 N–H and O–H groups in total. The molecule has 1 aliphatic rings. The monoisotopic (exact) mass is 289 g/mol. The molecule has 110 valence electrons. The lowest BCUT2D eigenvalue weighted by atomic mass is 10.1. The number of carbonyl (C=O) groups is 1. The van der Waals surface area contributed by atoms with Crippen LogP contribution < -0.4 is 5.32 Å². The number of hydrogen-bond donors (Lipinski definition) is 3. The van der Waals surface area contributed by atoms with Gasteiger partial charge in [-0.05, 0) is 12.8 Å². The molecule has 8 nitrogen and oxygen atoms in total. The lowest BCUT2D eigenvalue weighted by molar-refractivity contribution is -0.141. The molecule has 0 radical (unpaired) electrons. The van der Waals surface area contributed by atoms with E-state index in [0.29, 0.717) is 18.1 Å². The minimum absolute atomic E-state index is 0.256. The van der Waals surface area contributed by atoms with Crippen LogP contribution in [0.5, 0.6) is 0 Å². The third-order valence-electron chi connectivity index (χ3n) is 3.63. The number of rotatable bonds is 4. The third kappa shape index (κ3) is 2.84. The van der Waals surface area contributed by atoms with Gasteiger partial charge in [0, 0.05) is 18.5 Å². The van der Waals surface area contributed by atoms with Gasteiger partial charge in [0.05, 0.1) is 18.1 Å². The van der Waals surface area contributed by atoms with Gasteiger partial charge in [0.25, 0.3) is 0 Å². The van der Waals surface area contributed by atoms with Crippen molar-refractivity contribution in [3.05, 3.63) is 31.1 Å². The van der Waals surface area contributed by atoms with Crippen molar-refractivity contribution in [3.8, 4) is 5.82 Å². The first-order valence-electron chi connectivity index (χ1n) is 6.61. The van der Waals surface area contributed by atoms with Crippen molar-refractivity contribution < 1.29 is 15.0 Å². The molecular formula is C13H15N5O3. The number of aliphatic hydroxyl groups excluding tert-OH is 1. The van der Waals surface area contributed by atoms with E-state index in [-0.39, 0.29) is 12.5 Å². The topological polar surface area (TPSA) is 113 Å². The Morgan fingerprint density at radius 1 is 1.38 bits per heavy atom. The van der Waals surface area contributed by atoms with Gasteiger partial charge in [0.1, 0.15) is 24.3 Å². The van der Waals surface area contributed by atoms with E-state index in [1.807, 2.05) is 0 Å². The van der Waals surface area contributed by atoms with Crippen molar-refractivity contribution >= 4 is 11.8 Å². The molecule has 0 aromatic carbocycles. The zero-order valence-electron chi connectivity index (χ0n) is 11.1. The molecule has 0 bridgehead atoms. The number of nitrogens with zero attached hydrogens (tertiary/aromatic N) is 4. The molecule has 2 aromatic rings. The van der Waals surface area contributed by atoms with E-state index in [1.165, 1.54) is 6.33 Å². The number of aromatic nitrogens is 4.